The van der Waals surface area contributed by atoms with Crippen LogP contribution >= 0.6 is 0 Å². The van der Waals surface area contributed by atoms with E-state index in [9.17, 15) is 9.59 Å². The van der Waals surface area contributed by atoms with Crippen molar-refractivity contribution >= 4 is 17.7 Å². The van der Waals surface area contributed by atoms with Crippen LogP contribution < -0.4 is 11.5 Å². The molecule has 0 aliphatic heterocycles. The number of nitrogens with two attached hydrogens (primary N) is 2. The van der Waals surface area contributed by atoms with Crippen LogP contribution in [0.25, 0.3) is 0 Å². The monoisotopic (exact) mass is 382 g/mol. The molecule has 0 saturated heterocycles. The number of hydrogen-bond acceptors (Lipinski definition) is 5. The minimum atomic E-state index is -0.528. The minimum absolute atomic E-state index is 0.0379. The number of nitrogens with zero attached hydrogens (tertiary/aromatic N) is 2. The van der Waals surface area contributed by atoms with E-state index in [0.29, 0.717) is 35.5 Å². The second kappa shape index (κ2) is 7.30. The van der Waals surface area contributed by atoms with E-state index in [-0.39, 0.29) is 17.8 Å². The molecule has 0 radical (unpaired) electrons. The van der Waals surface area contributed by atoms with E-state index >= 15 is 0 Å². The van der Waals surface area contributed by atoms with Crippen molar-refractivity contribution in [2.24, 2.45) is 30.5 Å². The van der Waals surface area contributed by atoms with Gasteiger partial charge in [-0.25, -0.2) is 0 Å². The Morgan fingerprint density at radius 2 is 1.79 bits per heavy atom. The normalized spacial score (nSPS) is 26.2. The summed E-state index contributed by atoms with van der Waals surface area (Å²) in [5, 5.41) is 4.46. The molecule has 2 unspecified atom stereocenters. The van der Waals surface area contributed by atoms with E-state index in [2.05, 4.69) is 5.10 Å². The van der Waals surface area contributed by atoms with Gasteiger partial charge < -0.3 is 16.2 Å². The van der Waals surface area contributed by atoms with E-state index < -0.39 is 5.91 Å². The number of primary amides is 1. The van der Waals surface area contributed by atoms with Crippen LogP contribution in [0.3, 0.4) is 0 Å². The molecule has 2 aliphatic carbocycles. The molecule has 7 nitrogen and oxygen atoms in total. The zero-order valence-electron chi connectivity index (χ0n) is 16.0. The van der Waals surface area contributed by atoms with Gasteiger partial charge in [0.05, 0.1) is 11.6 Å². The first-order valence-electron chi connectivity index (χ1n) is 9.76. The van der Waals surface area contributed by atoms with Gasteiger partial charge in [-0.15, -0.1) is 0 Å². The van der Waals surface area contributed by atoms with E-state index in [1.165, 1.54) is 4.68 Å². The van der Waals surface area contributed by atoms with Crippen molar-refractivity contribution in [2.75, 3.05) is 5.73 Å². The average molecular weight is 382 g/mol. The maximum absolute atomic E-state index is 12.5. The maximum Gasteiger partial charge on any atom is 0.309 e. The molecule has 28 heavy (non-hydrogen) atoms. The summed E-state index contributed by atoms with van der Waals surface area (Å²) in [4.78, 5) is 24.3. The van der Waals surface area contributed by atoms with Crippen molar-refractivity contribution in [1.82, 2.24) is 9.78 Å². The van der Waals surface area contributed by atoms with Gasteiger partial charge in [-0.1, -0.05) is 30.3 Å². The molecule has 148 valence electrons. The third-order valence-electron chi connectivity index (χ3n) is 6.32. The molecule has 4 N–H and O–H groups in total. The number of anilines is 1. The molecule has 2 aliphatic rings. The lowest BCUT2D eigenvalue weighted by Crippen LogP contribution is -2.17. The fourth-order valence-corrected chi connectivity index (χ4v) is 4.98. The number of amides is 1. The largest absolute Gasteiger partial charge is 0.461 e. The maximum atomic E-state index is 12.5. The number of carbonyl (C=O) groups is 2. The first kappa shape index (κ1) is 18.5. The molecular formula is C21H26N4O3. The zero-order chi connectivity index (χ0) is 19.8. The van der Waals surface area contributed by atoms with Crippen LogP contribution in [0.5, 0.6) is 0 Å². The number of aromatic nitrogens is 2. The van der Waals surface area contributed by atoms with Crippen LogP contribution in [0, 0.1) is 17.8 Å². The lowest BCUT2D eigenvalue weighted by atomic mass is 9.94. The van der Waals surface area contributed by atoms with E-state index in [4.69, 9.17) is 16.2 Å². The van der Waals surface area contributed by atoms with Gasteiger partial charge in [0.1, 0.15) is 18.0 Å². The van der Waals surface area contributed by atoms with Gasteiger partial charge in [-0.05, 0) is 43.1 Å². The molecule has 1 heterocycles. The Morgan fingerprint density at radius 3 is 2.39 bits per heavy atom. The molecule has 4 rings (SSSR count). The van der Waals surface area contributed by atoms with Crippen LogP contribution in [-0.2, 0) is 23.2 Å². The van der Waals surface area contributed by atoms with Gasteiger partial charge in [-0.2, -0.15) is 5.10 Å². The van der Waals surface area contributed by atoms with Crippen molar-refractivity contribution < 1.29 is 14.3 Å². The highest BCUT2D eigenvalue weighted by Crippen LogP contribution is 2.53. The van der Waals surface area contributed by atoms with E-state index in [0.717, 1.165) is 31.2 Å². The Labute approximate surface area is 164 Å². The van der Waals surface area contributed by atoms with Crippen LogP contribution in [0.1, 0.15) is 53.2 Å². The number of aryl methyl sites for hydroxylation is 1. The second-order valence-corrected chi connectivity index (χ2v) is 8.08. The lowest BCUT2D eigenvalue weighted by molar-refractivity contribution is -0.149. The number of carbonyl (C=O) groups excluding carboxylic acids is 2. The van der Waals surface area contributed by atoms with Crippen LogP contribution in [-0.4, -0.2) is 21.7 Å². The Morgan fingerprint density at radius 1 is 1.14 bits per heavy atom. The molecule has 1 amide bonds. The average Bonchev–Trinajstić information content (AvgIpc) is 3.32. The van der Waals surface area contributed by atoms with Crippen molar-refractivity contribution in [3.63, 3.8) is 0 Å². The number of benzene rings is 1. The highest BCUT2D eigenvalue weighted by Gasteiger charge is 2.46. The summed E-state index contributed by atoms with van der Waals surface area (Å²) in [5.74, 6) is 0.717. The van der Waals surface area contributed by atoms with Crippen molar-refractivity contribution in [3.05, 3.63) is 47.2 Å². The summed E-state index contributed by atoms with van der Waals surface area (Å²) in [6, 6.07) is 9.73. The Hall–Kier alpha value is -2.83. The quantitative estimate of drug-likeness (QED) is 0.771. The highest BCUT2D eigenvalue weighted by atomic mass is 16.5. The first-order chi connectivity index (χ1) is 13.4. The van der Waals surface area contributed by atoms with Crippen molar-refractivity contribution in [3.8, 4) is 0 Å². The fraction of sp³-hybridized carbons (Fsp3) is 0.476. The number of rotatable bonds is 5. The third kappa shape index (κ3) is 3.37. The Bertz CT molecular complexity index is 879. The molecule has 0 spiro atoms. The number of nitrogen functional groups attached to an aromatic ring is 1. The Balaban J connectivity index is 1.37. The first-order valence-corrected chi connectivity index (χ1v) is 9.76. The summed E-state index contributed by atoms with van der Waals surface area (Å²) in [6.07, 6.45) is 3.49. The standard InChI is InChI=1S/C21H26N4O3/c1-25-19(22)17(20(23)26)18(24-25)15-7-13-9-16(10-14(13)8-15)21(27)28-11-12-5-3-2-4-6-12/h2-6,13-16H,7-11,22H2,1H3,(H2,23,26)/t13-,14+,15?,16?. The van der Waals surface area contributed by atoms with Gasteiger partial charge in [0.25, 0.3) is 5.91 Å². The molecule has 1 aromatic carbocycles. The molecule has 2 saturated carbocycles. The molecular weight excluding hydrogens is 356 g/mol. The molecule has 2 aromatic rings. The number of hydrogen-bond donors (Lipinski definition) is 2. The van der Waals surface area contributed by atoms with Crippen molar-refractivity contribution in [2.45, 2.75) is 38.2 Å². The minimum Gasteiger partial charge on any atom is -0.461 e. The summed E-state index contributed by atoms with van der Waals surface area (Å²) >= 11 is 0. The summed E-state index contributed by atoms with van der Waals surface area (Å²) in [5.41, 5.74) is 13.6. The van der Waals surface area contributed by atoms with E-state index in [1.807, 2.05) is 30.3 Å². The molecule has 7 heteroatoms. The van der Waals surface area contributed by atoms with Gasteiger partial charge in [0.15, 0.2) is 0 Å². The number of ether oxygens (including phenoxy) is 1. The zero-order valence-corrected chi connectivity index (χ0v) is 16.0. The summed E-state index contributed by atoms with van der Waals surface area (Å²) in [6.45, 7) is 0.323. The van der Waals surface area contributed by atoms with E-state index in [1.54, 1.807) is 7.05 Å². The number of fused-ring (bicyclic) bond motifs is 1. The lowest BCUT2D eigenvalue weighted by Gasteiger charge is -2.14. The topological polar surface area (TPSA) is 113 Å². The smallest absolute Gasteiger partial charge is 0.309 e. The molecule has 2 fully saturated rings. The summed E-state index contributed by atoms with van der Waals surface area (Å²) < 4.78 is 7.05. The SMILES string of the molecule is Cn1nc(C2C[C@H]3CC(C(=O)OCc4ccccc4)C[C@H]3C2)c(C(N)=O)c1N. The number of esters is 1. The predicted molar refractivity (Wildman–Crippen MR) is 104 cm³/mol. The van der Waals surface area contributed by atoms with Gasteiger partial charge in [-0.3, -0.25) is 14.3 Å². The Kier molecular flexibility index (Phi) is 4.83. The molecule has 1 aromatic heterocycles. The van der Waals surface area contributed by atoms with Crippen LogP contribution in [0.4, 0.5) is 5.82 Å². The van der Waals surface area contributed by atoms with Crippen LogP contribution in [0.15, 0.2) is 30.3 Å². The predicted octanol–water partition coefficient (Wildman–Crippen LogP) is 2.36. The van der Waals surface area contributed by atoms with Crippen LogP contribution in [0.2, 0.25) is 0 Å². The van der Waals surface area contributed by atoms with Gasteiger partial charge in [0, 0.05) is 13.0 Å². The van der Waals surface area contributed by atoms with Gasteiger partial charge >= 0.3 is 5.97 Å². The van der Waals surface area contributed by atoms with Gasteiger partial charge in [0.2, 0.25) is 0 Å². The summed E-state index contributed by atoms with van der Waals surface area (Å²) in [7, 11) is 1.72. The highest BCUT2D eigenvalue weighted by molar-refractivity contribution is 5.98. The molecule has 0 bridgehead atoms. The second-order valence-electron chi connectivity index (χ2n) is 8.08. The fourth-order valence-electron chi connectivity index (χ4n) is 4.98. The van der Waals surface area contributed by atoms with Crippen molar-refractivity contribution in [1.29, 1.82) is 0 Å². The molecule has 4 atom stereocenters. The third-order valence-corrected chi connectivity index (χ3v) is 6.32.